The molecule has 0 amide bonds. The molecule has 0 aliphatic carbocycles. The van der Waals surface area contributed by atoms with E-state index in [1.165, 1.54) is 17.2 Å². The van der Waals surface area contributed by atoms with Crippen LogP contribution < -0.4 is 4.90 Å². The lowest BCUT2D eigenvalue weighted by Crippen LogP contribution is -2.52. The van der Waals surface area contributed by atoms with Gasteiger partial charge in [-0.2, -0.15) is 0 Å². The summed E-state index contributed by atoms with van der Waals surface area (Å²) in [5, 5.41) is 2.27. The number of nitrogens with zero attached hydrogens (tertiary/aromatic N) is 6. The highest BCUT2D eigenvalue weighted by atomic mass is 32.2. The summed E-state index contributed by atoms with van der Waals surface area (Å²) in [6.45, 7) is 11.1. The van der Waals surface area contributed by atoms with Gasteiger partial charge in [-0.25, -0.2) is 17.9 Å². The monoisotopic (exact) mass is 606 g/mol. The molecule has 0 saturated carbocycles. The molecule has 4 heterocycles. The van der Waals surface area contributed by atoms with E-state index in [0.717, 1.165) is 81.9 Å². The average molecular weight is 607 g/mol. The summed E-state index contributed by atoms with van der Waals surface area (Å²) in [5.41, 5.74) is 3.93. The zero-order valence-corrected chi connectivity index (χ0v) is 27.7. The van der Waals surface area contributed by atoms with E-state index in [1.54, 1.807) is 0 Å². The molecule has 1 aromatic heterocycles. The van der Waals surface area contributed by atoms with Crippen molar-refractivity contribution in [2.45, 2.75) is 103 Å². The topological polar surface area (TPSA) is 47.9 Å². The van der Waals surface area contributed by atoms with E-state index in [-0.39, 0.29) is 5.50 Å². The van der Waals surface area contributed by atoms with E-state index in [9.17, 15) is 8.60 Å². The first-order valence-corrected chi connectivity index (χ1v) is 17.8. The second-order valence-electron chi connectivity index (χ2n) is 11.5. The molecule has 7 nitrogen and oxygen atoms in total. The van der Waals surface area contributed by atoms with Gasteiger partial charge < -0.3 is 14.7 Å². The zero-order chi connectivity index (χ0) is 29.5. The predicted octanol–water partition coefficient (Wildman–Crippen LogP) is 6.37. The molecule has 4 rings (SSSR count). The second kappa shape index (κ2) is 15.1. The van der Waals surface area contributed by atoms with Gasteiger partial charge in [0, 0.05) is 76.0 Å². The average Bonchev–Trinajstić information content (AvgIpc) is 3.54. The minimum absolute atomic E-state index is 0.152. The van der Waals surface area contributed by atoms with Crippen LogP contribution in [0.5, 0.6) is 0 Å². The van der Waals surface area contributed by atoms with Gasteiger partial charge in [0.2, 0.25) is 0 Å². The van der Waals surface area contributed by atoms with Crippen LogP contribution in [0.1, 0.15) is 84.2 Å². The summed E-state index contributed by atoms with van der Waals surface area (Å²) in [5.74, 6) is 3.09. The Bertz CT molecular complexity index is 1130. The van der Waals surface area contributed by atoms with Gasteiger partial charge in [-0.1, -0.05) is 51.1 Å². The minimum atomic E-state index is -0.871. The largest absolute Gasteiger partial charge is 0.368 e. The Labute approximate surface area is 254 Å². The van der Waals surface area contributed by atoms with Crippen LogP contribution in [-0.4, -0.2) is 85.1 Å². The number of unbranched alkanes of at least 4 members (excludes halogenated alkanes) is 1. The smallest absolute Gasteiger partial charge is 0.155 e. The fraction of sp³-hybridized carbons (Fsp3) is 0.710. The van der Waals surface area contributed by atoms with E-state index in [4.69, 9.17) is 4.98 Å². The van der Waals surface area contributed by atoms with Crippen LogP contribution in [0.4, 0.5) is 10.2 Å². The highest BCUT2D eigenvalue weighted by Crippen LogP contribution is 2.38. The number of halogens is 1. The molecule has 10 heteroatoms. The molecule has 2 unspecified atom stereocenters. The number of rotatable bonds is 14. The van der Waals surface area contributed by atoms with Gasteiger partial charge in [0.15, 0.2) is 5.50 Å². The van der Waals surface area contributed by atoms with E-state index in [0.29, 0.717) is 18.9 Å². The normalized spacial score (nSPS) is 23.1. The first-order valence-electron chi connectivity index (χ1n) is 15.6. The molecule has 41 heavy (non-hydrogen) atoms. The highest BCUT2D eigenvalue weighted by molar-refractivity contribution is 8.03. The molecule has 1 fully saturated rings. The van der Waals surface area contributed by atoms with Crippen molar-refractivity contribution < 1.29 is 8.60 Å². The molecule has 4 atom stereocenters. The van der Waals surface area contributed by atoms with Crippen LogP contribution in [0.25, 0.3) is 6.20 Å². The first-order chi connectivity index (χ1) is 19.8. The van der Waals surface area contributed by atoms with Crippen LogP contribution in [-0.2, 0) is 23.8 Å². The maximum atomic E-state index is 13.5. The zero-order valence-electron chi connectivity index (χ0n) is 26.0. The van der Waals surface area contributed by atoms with Crippen molar-refractivity contribution in [3.63, 3.8) is 0 Å². The Morgan fingerprint density at radius 2 is 2.05 bits per heavy atom. The van der Waals surface area contributed by atoms with Crippen LogP contribution in [0.2, 0.25) is 0 Å². The lowest BCUT2D eigenvalue weighted by Gasteiger charge is -2.42. The highest BCUT2D eigenvalue weighted by Gasteiger charge is 2.33. The number of anilines is 1. The molecule has 0 radical (unpaired) electrons. The van der Waals surface area contributed by atoms with E-state index in [1.807, 2.05) is 18.7 Å². The lowest BCUT2D eigenvalue weighted by atomic mass is 10.1. The van der Waals surface area contributed by atoms with Gasteiger partial charge in [-0.05, 0) is 50.9 Å². The standard InChI is InChI=1S/C31H51FN6OS2/c1-7-10-20-41(39)36-18-19-37(24(4)21-36)26-16-17-29-33-28(9-3)30(38(29)22-26)35(6)31-34(5)27(23-40-31)15-13-11-12-14-25(32)8-2/h11,13,22-25,31H,7-10,12,14-21H2,1-6H3/b13-11+/t24-,25?,31?,41-/m0/s1. The lowest BCUT2D eigenvalue weighted by molar-refractivity contribution is 0.166. The molecule has 0 aromatic carbocycles. The van der Waals surface area contributed by atoms with Crippen molar-refractivity contribution in [1.82, 2.24) is 23.7 Å². The van der Waals surface area contributed by atoms with Gasteiger partial charge in [0.05, 0.1) is 16.7 Å². The first kappa shape index (κ1) is 32.1. The summed E-state index contributed by atoms with van der Waals surface area (Å²) in [4.78, 5) is 12.3. The van der Waals surface area contributed by atoms with Crippen LogP contribution in [0.3, 0.4) is 0 Å². The van der Waals surface area contributed by atoms with Crippen molar-refractivity contribution in [2.24, 2.45) is 0 Å². The van der Waals surface area contributed by atoms with Gasteiger partial charge in [-0.3, -0.25) is 4.57 Å². The molecule has 0 spiro atoms. The molecule has 0 bridgehead atoms. The molecule has 3 aliphatic heterocycles. The number of hydrogen-bond acceptors (Lipinski definition) is 6. The quantitative estimate of drug-likeness (QED) is 0.229. The number of imidazole rings is 1. The van der Waals surface area contributed by atoms with E-state index < -0.39 is 17.2 Å². The van der Waals surface area contributed by atoms with Gasteiger partial charge in [-0.15, -0.1) is 0 Å². The molecular weight excluding hydrogens is 556 g/mol. The Kier molecular flexibility index (Phi) is 11.8. The predicted molar refractivity (Wildman–Crippen MR) is 174 cm³/mol. The maximum absolute atomic E-state index is 13.5. The van der Waals surface area contributed by atoms with E-state index >= 15 is 0 Å². The van der Waals surface area contributed by atoms with Crippen molar-refractivity contribution in [1.29, 1.82) is 0 Å². The molecule has 1 aromatic rings. The van der Waals surface area contributed by atoms with Crippen molar-refractivity contribution >= 4 is 34.8 Å². The molecule has 230 valence electrons. The van der Waals surface area contributed by atoms with Gasteiger partial charge in [0.25, 0.3) is 0 Å². The third-order valence-electron chi connectivity index (χ3n) is 8.52. The Morgan fingerprint density at radius 3 is 2.76 bits per heavy atom. The maximum Gasteiger partial charge on any atom is 0.155 e. The summed E-state index contributed by atoms with van der Waals surface area (Å²) < 4.78 is 30.8. The Balaban J connectivity index is 1.44. The minimum Gasteiger partial charge on any atom is -0.368 e. The van der Waals surface area contributed by atoms with Crippen molar-refractivity contribution in [2.75, 3.05) is 44.4 Å². The summed E-state index contributed by atoms with van der Waals surface area (Å²) >= 11 is 1.83. The number of alkyl halides is 1. The second-order valence-corrected chi connectivity index (χ2v) is 14.0. The Hall–Kier alpha value is -1.78. The number of piperazine rings is 1. The van der Waals surface area contributed by atoms with Gasteiger partial charge >= 0.3 is 0 Å². The number of allylic oxidation sites excluding steroid dienone is 3. The fourth-order valence-electron chi connectivity index (χ4n) is 5.95. The molecule has 1 saturated heterocycles. The summed E-state index contributed by atoms with van der Waals surface area (Å²) in [6, 6.07) is 0.326. The number of hydrogen-bond donors (Lipinski definition) is 0. The summed E-state index contributed by atoms with van der Waals surface area (Å²) in [6.07, 6.45) is 13.7. The fourth-order valence-corrected chi connectivity index (χ4v) is 8.56. The number of fused-ring (bicyclic) bond motifs is 1. The number of aromatic nitrogens is 2. The number of aryl methyl sites for hydroxylation is 2. The van der Waals surface area contributed by atoms with Gasteiger partial charge in [0.1, 0.15) is 17.8 Å². The third-order valence-corrected chi connectivity index (χ3v) is 11.4. The van der Waals surface area contributed by atoms with Crippen molar-refractivity contribution in [3.8, 4) is 0 Å². The molecule has 3 aliphatic rings. The SMILES string of the molecule is CCCC[S@](=O)N1CCN(C2=Cn3c(nc(CC)c3N(C)C3SC=C(C/C=C/CCC(F)CC)N3C)CC2)[C@@H](C)C1. The van der Waals surface area contributed by atoms with Crippen molar-refractivity contribution in [3.05, 3.63) is 40.5 Å². The molecular formula is C31H51FN6OS2. The molecule has 0 N–H and O–H groups in total. The number of thioether (sulfide) groups is 1. The summed E-state index contributed by atoms with van der Waals surface area (Å²) in [7, 11) is 3.48. The van der Waals surface area contributed by atoms with Crippen LogP contribution in [0, 0.1) is 0 Å². The van der Waals surface area contributed by atoms with E-state index in [2.05, 4.69) is 82.2 Å². The van der Waals surface area contributed by atoms with Crippen LogP contribution >= 0.6 is 11.8 Å². The van der Waals surface area contributed by atoms with Crippen LogP contribution in [0.15, 0.2) is 29.0 Å². The Morgan fingerprint density at radius 1 is 1.24 bits per heavy atom. The third kappa shape index (κ3) is 7.60.